The highest BCUT2D eigenvalue weighted by Crippen LogP contribution is 2.30. The molecular weight excluding hydrogens is 145 g/mol. The highest BCUT2D eigenvalue weighted by Gasteiger charge is 2.21. The van der Waals surface area contributed by atoms with Crippen molar-refractivity contribution in [2.75, 3.05) is 6.61 Å². The van der Waals surface area contributed by atoms with E-state index in [1.54, 1.807) is 0 Å². The zero-order valence-electron chi connectivity index (χ0n) is 6.27. The van der Waals surface area contributed by atoms with Gasteiger partial charge < -0.3 is 5.11 Å². The van der Waals surface area contributed by atoms with Crippen LogP contribution in [0.4, 0.5) is 0 Å². The van der Waals surface area contributed by atoms with Crippen molar-refractivity contribution >= 4 is 9.39 Å². The molecule has 0 bridgehead atoms. The van der Waals surface area contributed by atoms with E-state index >= 15 is 0 Å². The van der Waals surface area contributed by atoms with Gasteiger partial charge in [-0.3, -0.25) is 5.09 Å². The molecule has 1 fully saturated rings. The first-order valence-electron chi connectivity index (χ1n) is 3.97. The maximum atomic E-state index is 7.18. The van der Waals surface area contributed by atoms with Crippen molar-refractivity contribution in [3.63, 3.8) is 0 Å². The second kappa shape index (κ2) is 4.27. The van der Waals surface area contributed by atoms with E-state index in [1.807, 2.05) is 0 Å². The van der Waals surface area contributed by atoms with Crippen molar-refractivity contribution < 1.29 is 5.11 Å². The molecule has 60 valence electrons. The Morgan fingerprint density at radius 1 is 1.60 bits per heavy atom. The van der Waals surface area contributed by atoms with Crippen LogP contribution < -0.4 is 5.09 Å². The molecule has 3 heteroatoms. The van der Waals surface area contributed by atoms with Crippen molar-refractivity contribution in [3.05, 3.63) is 0 Å². The molecule has 0 heterocycles. The first-order chi connectivity index (χ1) is 4.86. The third kappa shape index (κ3) is 2.19. The molecule has 0 aromatic carbocycles. The smallest absolute Gasteiger partial charge is 0.159 e. The van der Waals surface area contributed by atoms with E-state index in [0.717, 1.165) is 5.92 Å². The van der Waals surface area contributed by atoms with E-state index < -0.39 is 0 Å². The van der Waals surface area contributed by atoms with Crippen LogP contribution in [0, 0.1) is 5.92 Å². The van der Waals surface area contributed by atoms with Crippen molar-refractivity contribution in [3.8, 4) is 0 Å². The average Bonchev–Trinajstić information content (AvgIpc) is 1.87. The predicted octanol–water partition coefficient (Wildman–Crippen LogP) is 0.649. The van der Waals surface area contributed by atoms with E-state index in [9.17, 15) is 0 Å². The van der Waals surface area contributed by atoms with E-state index in [4.69, 9.17) is 5.11 Å². The quantitative estimate of drug-likeness (QED) is 0.478. The highest BCUT2D eigenvalue weighted by molar-refractivity contribution is 7.13. The maximum Gasteiger partial charge on any atom is 0.159 e. The lowest BCUT2D eigenvalue weighted by atomic mass is 9.81. The summed E-state index contributed by atoms with van der Waals surface area (Å²) in [4.78, 5) is 0. The van der Waals surface area contributed by atoms with Crippen LogP contribution in [0.15, 0.2) is 0 Å². The molecule has 0 saturated heterocycles. The van der Waals surface area contributed by atoms with Crippen molar-refractivity contribution in [1.82, 2.24) is 5.09 Å². The second-order valence-corrected chi connectivity index (χ2v) is 3.43. The molecule has 0 amide bonds. The summed E-state index contributed by atoms with van der Waals surface area (Å²) < 4.78 is 0. The monoisotopic (exact) mass is 162 g/mol. The minimum absolute atomic E-state index is 0.412. The molecule has 1 aliphatic carbocycles. The Kier molecular flexibility index (Phi) is 3.61. The van der Waals surface area contributed by atoms with Gasteiger partial charge in [-0.15, -0.1) is 0 Å². The zero-order chi connectivity index (χ0) is 7.40. The normalized spacial score (nSPS) is 22.2. The Bertz CT molecular complexity index is 91.6. The Morgan fingerprint density at radius 3 is 2.60 bits per heavy atom. The van der Waals surface area contributed by atoms with Gasteiger partial charge in [0.1, 0.15) is 0 Å². The largest absolute Gasteiger partial charge is 0.444 e. The zero-order valence-corrected chi connectivity index (χ0v) is 7.42. The molecule has 1 rings (SSSR count). The molecule has 1 saturated carbocycles. The van der Waals surface area contributed by atoms with Gasteiger partial charge >= 0.3 is 0 Å². The molecule has 0 aromatic rings. The van der Waals surface area contributed by atoms with Crippen molar-refractivity contribution in [2.45, 2.75) is 31.7 Å². The molecular formula is C7H17NOP+. The summed E-state index contributed by atoms with van der Waals surface area (Å²) in [6, 6.07) is 0.412. The molecule has 2 nitrogen and oxygen atoms in total. The van der Waals surface area contributed by atoms with Crippen LogP contribution in [0.1, 0.15) is 25.7 Å². The van der Waals surface area contributed by atoms with Crippen molar-refractivity contribution in [1.29, 1.82) is 0 Å². The molecule has 0 aromatic heterocycles. The predicted molar refractivity (Wildman–Crippen MR) is 47.1 cm³/mol. The van der Waals surface area contributed by atoms with Crippen LogP contribution in [0.5, 0.6) is 0 Å². The molecule has 0 radical (unpaired) electrons. The topological polar surface area (TPSA) is 34.9 Å². The summed E-state index contributed by atoms with van der Waals surface area (Å²) in [5.41, 5.74) is 0. The summed E-state index contributed by atoms with van der Waals surface area (Å²) in [5, 5.41) is 10.3. The molecule has 2 atom stereocenters. The average molecular weight is 162 g/mol. The fourth-order valence-corrected chi connectivity index (χ4v) is 1.60. The van der Waals surface area contributed by atoms with E-state index in [2.05, 4.69) is 14.5 Å². The summed E-state index contributed by atoms with van der Waals surface area (Å²) in [5.74, 6) is 0.920. The van der Waals surface area contributed by atoms with Crippen molar-refractivity contribution in [2.24, 2.45) is 5.92 Å². The number of hydrogen-bond acceptors (Lipinski definition) is 1. The lowest BCUT2D eigenvalue weighted by Crippen LogP contribution is -2.29. The Hall–Kier alpha value is 0.350. The van der Waals surface area contributed by atoms with Gasteiger partial charge in [0, 0.05) is 0 Å². The van der Waals surface area contributed by atoms with E-state index in [-0.39, 0.29) is 0 Å². The standard InChI is InChI=1S/C7H16NOP/c9-5-7(8-10)4-6-2-1-3-6/h6-9H,1-5,10H2/p+1. The van der Waals surface area contributed by atoms with Gasteiger partial charge in [-0.25, -0.2) is 0 Å². The van der Waals surface area contributed by atoms with Crippen LogP contribution >= 0.6 is 9.39 Å². The van der Waals surface area contributed by atoms with Crippen LogP contribution in [-0.2, 0) is 0 Å². The minimum Gasteiger partial charge on any atom is -0.444 e. The van der Waals surface area contributed by atoms with Gasteiger partial charge in [-0.2, -0.15) is 0 Å². The Balaban J connectivity index is 2.08. The molecule has 1 aliphatic rings. The van der Waals surface area contributed by atoms with Crippen LogP contribution in [0.3, 0.4) is 0 Å². The van der Waals surface area contributed by atoms with Gasteiger partial charge in [0.2, 0.25) is 0 Å². The van der Waals surface area contributed by atoms with Gasteiger partial charge in [0.25, 0.3) is 0 Å². The SMILES string of the molecule is [OH2+]CC(CC1CCC1)NP. The molecule has 0 aliphatic heterocycles. The maximum absolute atomic E-state index is 7.18. The summed E-state index contributed by atoms with van der Waals surface area (Å²) >= 11 is 0. The Labute approximate surface area is 64.7 Å². The molecule has 0 spiro atoms. The lowest BCUT2D eigenvalue weighted by molar-refractivity contribution is 0.204. The van der Waals surface area contributed by atoms with Gasteiger partial charge in [0.15, 0.2) is 6.61 Å². The van der Waals surface area contributed by atoms with Gasteiger partial charge in [-0.05, 0) is 12.3 Å². The third-order valence-electron chi connectivity index (χ3n) is 2.32. The summed E-state index contributed by atoms with van der Waals surface area (Å²) in [6.45, 7) is 0.514. The summed E-state index contributed by atoms with van der Waals surface area (Å²) in [7, 11) is 2.50. The minimum atomic E-state index is 0.412. The molecule has 2 unspecified atom stereocenters. The third-order valence-corrected chi connectivity index (χ3v) is 2.80. The number of rotatable bonds is 4. The first kappa shape index (κ1) is 8.45. The fourth-order valence-electron chi connectivity index (χ4n) is 1.34. The van der Waals surface area contributed by atoms with E-state index in [1.165, 1.54) is 25.7 Å². The van der Waals surface area contributed by atoms with Crippen LogP contribution in [0.25, 0.3) is 0 Å². The Morgan fingerprint density at radius 2 is 2.30 bits per heavy atom. The lowest BCUT2D eigenvalue weighted by Gasteiger charge is -2.27. The fraction of sp³-hybridized carbons (Fsp3) is 1.00. The van der Waals surface area contributed by atoms with Crippen LogP contribution in [-0.4, -0.2) is 17.8 Å². The highest BCUT2D eigenvalue weighted by atomic mass is 31.0. The second-order valence-electron chi connectivity index (χ2n) is 3.10. The first-order valence-corrected chi connectivity index (χ1v) is 4.55. The van der Waals surface area contributed by atoms with Gasteiger partial charge in [0.05, 0.1) is 6.04 Å². The van der Waals surface area contributed by atoms with E-state index in [0.29, 0.717) is 12.6 Å². The summed E-state index contributed by atoms with van der Waals surface area (Å²) in [6.07, 6.45) is 5.39. The van der Waals surface area contributed by atoms with Crippen LogP contribution in [0.2, 0.25) is 0 Å². The molecule has 3 N–H and O–H groups in total. The number of hydrogen-bond donors (Lipinski definition) is 1. The molecule has 10 heavy (non-hydrogen) atoms. The number of nitrogens with one attached hydrogen (secondary N) is 1. The van der Waals surface area contributed by atoms with Gasteiger partial charge in [-0.1, -0.05) is 28.7 Å².